The van der Waals surface area contributed by atoms with E-state index in [9.17, 15) is 24.0 Å². The highest BCUT2D eigenvalue weighted by Crippen LogP contribution is 2.43. The minimum absolute atomic E-state index is 0.0223. The number of benzene rings is 1. The summed E-state index contributed by atoms with van der Waals surface area (Å²) in [5, 5.41) is 9.27. The highest BCUT2D eigenvalue weighted by Gasteiger charge is 2.51. The summed E-state index contributed by atoms with van der Waals surface area (Å²) in [5.41, 5.74) is 0.667. The first-order valence-electron chi connectivity index (χ1n) is 15.0. The summed E-state index contributed by atoms with van der Waals surface area (Å²) in [6, 6.07) is 5.29. The Morgan fingerprint density at radius 3 is 2.62 bits per heavy atom. The number of hydrogen-bond donors (Lipinski definition) is 4. The average Bonchev–Trinajstić information content (AvgIpc) is 3.26. The fraction of sp³-hybridized carbons (Fsp3) is 0.581. The second-order valence-electron chi connectivity index (χ2n) is 13.0. The van der Waals surface area contributed by atoms with Gasteiger partial charge in [-0.15, -0.1) is 0 Å². The first-order chi connectivity index (χ1) is 20.0. The van der Waals surface area contributed by atoms with E-state index >= 15 is 0 Å². The van der Waals surface area contributed by atoms with E-state index in [1.807, 2.05) is 32.0 Å². The van der Waals surface area contributed by atoms with E-state index < -0.39 is 41.1 Å². The van der Waals surface area contributed by atoms with Gasteiger partial charge < -0.3 is 30.6 Å². The molecule has 2 aliphatic heterocycles. The molecule has 0 radical (unpaired) electrons. The van der Waals surface area contributed by atoms with Crippen molar-refractivity contribution in [3.8, 4) is 5.75 Å². The van der Waals surface area contributed by atoms with E-state index in [0.717, 1.165) is 43.0 Å². The Morgan fingerprint density at radius 1 is 1.14 bits per heavy atom. The van der Waals surface area contributed by atoms with Crippen molar-refractivity contribution >= 4 is 40.3 Å². The van der Waals surface area contributed by atoms with Crippen molar-refractivity contribution in [3.05, 3.63) is 30.0 Å². The largest absolute Gasteiger partial charge is 0.496 e. The molecule has 4 amide bonds. The first kappa shape index (κ1) is 28.2. The summed E-state index contributed by atoms with van der Waals surface area (Å²) in [6.07, 6.45) is 4.82. The Hall–Kier alpha value is -3.89. The molecule has 42 heavy (non-hydrogen) atoms. The fourth-order valence-electron chi connectivity index (χ4n) is 7.23. The molecule has 4 N–H and O–H groups in total. The summed E-state index contributed by atoms with van der Waals surface area (Å²) >= 11 is 0. The third-order valence-corrected chi connectivity index (χ3v) is 9.37. The normalized spacial score (nSPS) is 26.9. The van der Waals surface area contributed by atoms with Crippen LogP contribution in [-0.2, 0) is 19.2 Å². The van der Waals surface area contributed by atoms with E-state index in [2.05, 4.69) is 20.9 Å². The van der Waals surface area contributed by atoms with Crippen molar-refractivity contribution in [1.29, 1.82) is 0 Å². The van der Waals surface area contributed by atoms with Gasteiger partial charge in [-0.2, -0.15) is 0 Å². The number of nitrogens with one attached hydrogen (secondary N) is 4. The number of aromatic nitrogens is 1. The number of ketones is 1. The Kier molecular flexibility index (Phi) is 7.22. The van der Waals surface area contributed by atoms with Gasteiger partial charge in [-0.05, 0) is 82.4 Å². The molecule has 2 saturated heterocycles. The lowest BCUT2D eigenvalue weighted by Gasteiger charge is -2.29. The van der Waals surface area contributed by atoms with E-state index in [0.29, 0.717) is 24.4 Å². The number of amides is 4. The van der Waals surface area contributed by atoms with E-state index in [-0.39, 0.29) is 36.1 Å². The molecule has 5 atom stereocenters. The zero-order valence-corrected chi connectivity index (χ0v) is 24.3. The molecular weight excluding hydrogens is 538 g/mol. The number of nitrogens with zero attached hydrogens (tertiary/aromatic N) is 1. The Bertz CT molecular complexity index is 1440. The van der Waals surface area contributed by atoms with Crippen molar-refractivity contribution < 1.29 is 28.7 Å². The standard InChI is InChI=1S/C31H39N5O6/c1-31(2)14-17(27(38)35-31)12-22(26(37)29(40)32-18-10-11-18)34-28(39)25-19-7-4-6-16(19)15-36(25)30(41)23-13-20-21(33-23)8-5-9-24(20)42-3/h5,8-9,13,16-19,22,25,33H,4,6-7,10-12,14-15H2,1-3H3,(H,32,40)(H,34,39)(H,35,38)/t16-,17?,19-,22-,25-/m0/s1. The highest BCUT2D eigenvalue weighted by atomic mass is 16.5. The van der Waals surface area contributed by atoms with Crippen LogP contribution in [0.5, 0.6) is 5.75 Å². The predicted octanol–water partition coefficient (Wildman–Crippen LogP) is 2.05. The van der Waals surface area contributed by atoms with Crippen LogP contribution in [-0.4, -0.2) is 76.6 Å². The van der Waals surface area contributed by atoms with E-state index in [1.165, 1.54) is 0 Å². The third kappa shape index (κ3) is 5.36. The molecule has 11 nitrogen and oxygen atoms in total. The van der Waals surface area contributed by atoms with Crippen molar-refractivity contribution in [3.63, 3.8) is 0 Å². The topological polar surface area (TPSA) is 150 Å². The number of methoxy groups -OCH3 is 1. The van der Waals surface area contributed by atoms with Gasteiger partial charge in [0, 0.05) is 34.9 Å². The van der Waals surface area contributed by atoms with Gasteiger partial charge in [0.1, 0.15) is 17.5 Å². The van der Waals surface area contributed by atoms with Gasteiger partial charge in [0.05, 0.1) is 13.2 Å². The minimum Gasteiger partial charge on any atom is -0.496 e. The quantitative estimate of drug-likeness (QED) is 0.335. The molecule has 2 aromatic rings. The molecular formula is C31H39N5O6. The van der Waals surface area contributed by atoms with Crippen LogP contribution >= 0.6 is 0 Å². The number of carbonyl (C=O) groups excluding carboxylic acids is 5. The number of rotatable bonds is 9. The number of hydrogen-bond acceptors (Lipinski definition) is 6. The average molecular weight is 578 g/mol. The lowest BCUT2D eigenvalue weighted by atomic mass is 9.89. The summed E-state index contributed by atoms with van der Waals surface area (Å²) in [6.45, 7) is 4.25. The van der Waals surface area contributed by atoms with Gasteiger partial charge in [-0.3, -0.25) is 24.0 Å². The van der Waals surface area contributed by atoms with Crippen LogP contribution in [0.3, 0.4) is 0 Å². The minimum atomic E-state index is -1.17. The number of fused-ring (bicyclic) bond motifs is 2. The van der Waals surface area contributed by atoms with E-state index in [4.69, 9.17) is 4.74 Å². The van der Waals surface area contributed by atoms with Crippen LogP contribution in [0.1, 0.15) is 69.3 Å². The molecule has 224 valence electrons. The van der Waals surface area contributed by atoms with Gasteiger partial charge >= 0.3 is 0 Å². The molecule has 0 spiro atoms. The molecule has 6 rings (SSSR count). The van der Waals surface area contributed by atoms with Gasteiger partial charge in [0.25, 0.3) is 11.8 Å². The van der Waals surface area contributed by atoms with Crippen LogP contribution in [0.4, 0.5) is 0 Å². The second-order valence-corrected chi connectivity index (χ2v) is 13.0. The Balaban J connectivity index is 1.25. The zero-order valence-electron chi connectivity index (χ0n) is 24.3. The van der Waals surface area contributed by atoms with Gasteiger partial charge in [0.2, 0.25) is 17.6 Å². The summed E-state index contributed by atoms with van der Waals surface area (Å²) in [7, 11) is 1.57. The number of ether oxygens (including phenoxy) is 1. The van der Waals surface area contributed by atoms with Crippen molar-refractivity contribution in [2.75, 3.05) is 13.7 Å². The third-order valence-electron chi connectivity index (χ3n) is 9.37. The summed E-state index contributed by atoms with van der Waals surface area (Å²) < 4.78 is 5.45. The maximum Gasteiger partial charge on any atom is 0.289 e. The smallest absolute Gasteiger partial charge is 0.289 e. The van der Waals surface area contributed by atoms with Crippen molar-refractivity contribution in [2.24, 2.45) is 17.8 Å². The lowest BCUT2D eigenvalue weighted by molar-refractivity contribution is -0.141. The molecule has 1 aromatic heterocycles. The summed E-state index contributed by atoms with van der Waals surface area (Å²) in [5.74, 6) is -2.20. The van der Waals surface area contributed by atoms with Gasteiger partial charge in [0.15, 0.2) is 0 Å². The fourth-order valence-corrected chi connectivity index (χ4v) is 7.23. The van der Waals surface area contributed by atoms with Crippen LogP contribution in [0.2, 0.25) is 0 Å². The molecule has 1 aromatic carbocycles. The number of carbonyl (C=O) groups is 5. The molecule has 2 aliphatic carbocycles. The maximum atomic E-state index is 14.0. The SMILES string of the molecule is COc1cccc2[nH]c(C(=O)N3C[C@@H]4CCC[C@@H]4[C@H]3C(=O)N[C@@H](CC3CC(C)(C)NC3=O)C(=O)C(=O)NC3CC3)cc12. The molecule has 0 bridgehead atoms. The second kappa shape index (κ2) is 10.7. The number of H-pyrrole nitrogens is 1. The van der Waals surface area contributed by atoms with Crippen LogP contribution in [0, 0.1) is 17.8 Å². The van der Waals surface area contributed by atoms with Gasteiger partial charge in [-0.25, -0.2) is 0 Å². The van der Waals surface area contributed by atoms with Gasteiger partial charge in [-0.1, -0.05) is 12.5 Å². The number of Topliss-reactive ketones (excluding diaryl/α,β-unsaturated/α-hetero) is 1. The van der Waals surface area contributed by atoms with Crippen LogP contribution < -0.4 is 20.7 Å². The first-order valence-corrected chi connectivity index (χ1v) is 15.0. The Labute approximate surface area is 244 Å². The van der Waals surface area contributed by atoms with E-state index in [1.54, 1.807) is 18.1 Å². The van der Waals surface area contributed by atoms with Crippen LogP contribution in [0.15, 0.2) is 24.3 Å². The highest BCUT2D eigenvalue weighted by molar-refractivity contribution is 6.38. The maximum absolute atomic E-state index is 14.0. The summed E-state index contributed by atoms with van der Waals surface area (Å²) in [4.78, 5) is 71.6. The van der Waals surface area contributed by atoms with Crippen LogP contribution in [0.25, 0.3) is 10.9 Å². The van der Waals surface area contributed by atoms with Crippen molar-refractivity contribution in [2.45, 2.75) is 82.5 Å². The monoisotopic (exact) mass is 577 g/mol. The molecule has 1 unspecified atom stereocenters. The molecule has 3 heterocycles. The molecule has 4 fully saturated rings. The number of likely N-dealkylation sites (tertiary alicyclic amines) is 1. The molecule has 2 saturated carbocycles. The number of aromatic amines is 1. The predicted molar refractivity (Wildman–Crippen MR) is 154 cm³/mol. The lowest BCUT2D eigenvalue weighted by Crippen LogP contribution is -2.55. The molecule has 11 heteroatoms. The zero-order chi connectivity index (χ0) is 29.8. The van der Waals surface area contributed by atoms with Crippen molar-refractivity contribution in [1.82, 2.24) is 25.8 Å². The molecule has 4 aliphatic rings. The Morgan fingerprint density at radius 2 is 1.93 bits per heavy atom.